The number of rotatable bonds is 4. The predicted molar refractivity (Wildman–Crippen MR) is 116 cm³/mol. The van der Waals surface area contributed by atoms with Gasteiger partial charge in [-0.25, -0.2) is 0 Å². The average Bonchev–Trinajstić information content (AvgIpc) is 3.45. The Kier molecular flexibility index (Phi) is 4.38. The number of benzene rings is 2. The summed E-state index contributed by atoms with van der Waals surface area (Å²) in [6.45, 7) is 6.62. The van der Waals surface area contributed by atoms with Gasteiger partial charge in [-0.2, -0.15) is 0 Å². The zero-order chi connectivity index (χ0) is 19.1. The quantitative estimate of drug-likeness (QED) is 0.835. The van der Waals surface area contributed by atoms with Crippen molar-refractivity contribution >= 4 is 28.7 Å². The summed E-state index contributed by atoms with van der Waals surface area (Å²) < 4.78 is 0. The van der Waals surface area contributed by atoms with Crippen LogP contribution in [-0.2, 0) is 4.79 Å². The lowest BCUT2D eigenvalue weighted by atomic mass is 10.1. The van der Waals surface area contributed by atoms with Crippen molar-refractivity contribution in [1.29, 1.82) is 0 Å². The Hall–Kier alpha value is -2.69. The van der Waals surface area contributed by atoms with E-state index in [1.165, 1.54) is 42.6 Å². The van der Waals surface area contributed by atoms with Crippen LogP contribution in [0, 0.1) is 6.92 Å². The number of hydrogen-bond donors (Lipinski definition) is 2. The van der Waals surface area contributed by atoms with Crippen molar-refractivity contribution in [3.05, 3.63) is 47.5 Å². The van der Waals surface area contributed by atoms with Crippen molar-refractivity contribution in [3.63, 3.8) is 0 Å². The van der Waals surface area contributed by atoms with Crippen molar-refractivity contribution in [2.24, 2.45) is 0 Å². The average molecular weight is 377 g/mol. The van der Waals surface area contributed by atoms with Gasteiger partial charge < -0.3 is 20.4 Å². The second-order valence-electron chi connectivity index (χ2n) is 8.23. The molecule has 2 N–H and O–H groups in total. The second-order valence-corrected chi connectivity index (χ2v) is 8.23. The summed E-state index contributed by atoms with van der Waals surface area (Å²) in [6, 6.07) is 12.6. The molecule has 5 heteroatoms. The van der Waals surface area contributed by atoms with E-state index in [2.05, 4.69) is 57.7 Å². The summed E-state index contributed by atoms with van der Waals surface area (Å²) in [4.78, 5) is 17.5. The van der Waals surface area contributed by atoms with Gasteiger partial charge in [0.25, 0.3) is 5.91 Å². The highest BCUT2D eigenvalue weighted by Gasteiger charge is 2.31. The molecule has 1 unspecified atom stereocenters. The van der Waals surface area contributed by atoms with Crippen LogP contribution >= 0.6 is 0 Å². The van der Waals surface area contributed by atoms with Crippen molar-refractivity contribution in [1.82, 2.24) is 0 Å². The number of fused-ring (bicyclic) bond motifs is 1. The molecular formula is C23H28N4O. The number of amides is 1. The van der Waals surface area contributed by atoms with Crippen LogP contribution in [0.15, 0.2) is 36.4 Å². The summed E-state index contributed by atoms with van der Waals surface area (Å²) in [5.74, 6) is 0.0246. The fourth-order valence-corrected chi connectivity index (χ4v) is 4.70. The third kappa shape index (κ3) is 3.09. The van der Waals surface area contributed by atoms with E-state index in [0.717, 1.165) is 43.1 Å². The van der Waals surface area contributed by atoms with Gasteiger partial charge >= 0.3 is 0 Å². The first-order chi connectivity index (χ1) is 13.7. The van der Waals surface area contributed by atoms with Crippen molar-refractivity contribution in [3.8, 4) is 0 Å². The Bertz CT molecular complexity index is 897. The summed E-state index contributed by atoms with van der Waals surface area (Å²) >= 11 is 0. The van der Waals surface area contributed by atoms with E-state index in [4.69, 9.17) is 0 Å². The van der Waals surface area contributed by atoms with E-state index in [1.807, 2.05) is 6.07 Å². The molecule has 0 spiro atoms. The lowest BCUT2D eigenvalue weighted by Crippen LogP contribution is -2.21. The third-order valence-corrected chi connectivity index (χ3v) is 6.32. The van der Waals surface area contributed by atoms with Gasteiger partial charge in [0.15, 0.2) is 0 Å². The number of nitrogens with one attached hydrogen (secondary N) is 2. The van der Waals surface area contributed by atoms with Gasteiger partial charge in [-0.05, 0) is 74.6 Å². The molecule has 2 aromatic rings. The van der Waals surface area contributed by atoms with E-state index >= 15 is 0 Å². The summed E-state index contributed by atoms with van der Waals surface area (Å²) in [6.07, 6.45) is 5.05. The van der Waals surface area contributed by atoms with E-state index < -0.39 is 0 Å². The maximum absolute atomic E-state index is 12.7. The van der Waals surface area contributed by atoms with Gasteiger partial charge in [0.1, 0.15) is 6.04 Å². The molecule has 0 aliphatic carbocycles. The van der Waals surface area contributed by atoms with Gasteiger partial charge in [-0.15, -0.1) is 0 Å². The summed E-state index contributed by atoms with van der Waals surface area (Å²) in [7, 11) is 0. The second kappa shape index (κ2) is 7.04. The molecule has 5 nitrogen and oxygen atoms in total. The molecule has 146 valence electrons. The van der Waals surface area contributed by atoms with Crippen LogP contribution in [0.3, 0.4) is 0 Å². The monoisotopic (exact) mass is 376 g/mol. The lowest BCUT2D eigenvalue weighted by molar-refractivity contribution is -0.116. The first-order valence-electron chi connectivity index (χ1n) is 10.5. The molecule has 1 atom stereocenters. The van der Waals surface area contributed by atoms with Crippen molar-refractivity contribution in [2.75, 3.05) is 46.6 Å². The number of carbonyl (C=O) groups excluding carboxylic acids is 1. The Balaban J connectivity index is 1.40. The standard InChI is InChI=1S/C23H28N4O/c1-16-14-17(26-10-2-3-11-26)6-8-20(16)24-22-19-15-18(27-12-4-5-13-27)7-9-21(19)25-23(22)28/h6-9,14-15,22,24H,2-5,10-13H2,1H3,(H,25,28). The molecular weight excluding hydrogens is 348 g/mol. The van der Waals surface area contributed by atoms with Crippen LogP contribution in [0.1, 0.15) is 42.9 Å². The van der Waals surface area contributed by atoms with Crippen LogP contribution in [-0.4, -0.2) is 32.1 Å². The molecule has 0 bridgehead atoms. The van der Waals surface area contributed by atoms with Crippen LogP contribution in [0.4, 0.5) is 22.7 Å². The summed E-state index contributed by atoms with van der Waals surface area (Å²) in [5, 5.41) is 6.53. The van der Waals surface area contributed by atoms with Gasteiger partial charge in [0.05, 0.1) is 0 Å². The first-order valence-corrected chi connectivity index (χ1v) is 10.5. The highest BCUT2D eigenvalue weighted by atomic mass is 16.2. The minimum absolute atomic E-state index is 0.0246. The topological polar surface area (TPSA) is 47.6 Å². The van der Waals surface area contributed by atoms with Gasteiger partial charge in [-0.1, -0.05) is 0 Å². The fraction of sp³-hybridized carbons (Fsp3) is 0.435. The number of nitrogens with zero attached hydrogens (tertiary/aromatic N) is 2. The zero-order valence-corrected chi connectivity index (χ0v) is 16.5. The van der Waals surface area contributed by atoms with Crippen LogP contribution in [0.25, 0.3) is 0 Å². The molecule has 2 aromatic carbocycles. The highest BCUT2D eigenvalue weighted by Crippen LogP contribution is 2.37. The zero-order valence-electron chi connectivity index (χ0n) is 16.5. The van der Waals surface area contributed by atoms with E-state index in [-0.39, 0.29) is 11.9 Å². The smallest absolute Gasteiger partial charge is 0.251 e. The maximum Gasteiger partial charge on any atom is 0.251 e. The van der Waals surface area contributed by atoms with E-state index in [0.29, 0.717) is 0 Å². The number of hydrogen-bond acceptors (Lipinski definition) is 4. The van der Waals surface area contributed by atoms with E-state index in [1.54, 1.807) is 0 Å². The number of anilines is 4. The van der Waals surface area contributed by atoms with Crippen molar-refractivity contribution in [2.45, 2.75) is 38.6 Å². The molecule has 1 amide bonds. The lowest BCUT2D eigenvalue weighted by Gasteiger charge is -2.22. The predicted octanol–water partition coefficient (Wildman–Crippen LogP) is 4.30. The van der Waals surface area contributed by atoms with Crippen molar-refractivity contribution < 1.29 is 4.79 Å². The molecule has 3 aliphatic rings. The number of carbonyl (C=O) groups is 1. The summed E-state index contributed by atoms with van der Waals surface area (Å²) in [5.41, 5.74) is 6.70. The molecule has 0 saturated carbocycles. The molecule has 5 rings (SSSR count). The molecule has 3 aliphatic heterocycles. The van der Waals surface area contributed by atoms with Crippen LogP contribution in [0.5, 0.6) is 0 Å². The first kappa shape index (κ1) is 17.4. The Morgan fingerprint density at radius 1 is 0.893 bits per heavy atom. The van der Waals surface area contributed by atoms with Gasteiger partial charge in [0, 0.05) is 54.5 Å². The molecule has 28 heavy (non-hydrogen) atoms. The van der Waals surface area contributed by atoms with Crippen LogP contribution in [0.2, 0.25) is 0 Å². The Morgan fingerprint density at radius 3 is 2.14 bits per heavy atom. The highest BCUT2D eigenvalue weighted by molar-refractivity contribution is 6.04. The number of aryl methyl sites for hydroxylation is 1. The third-order valence-electron chi connectivity index (χ3n) is 6.32. The molecule has 2 saturated heterocycles. The minimum atomic E-state index is -0.339. The Labute approximate surface area is 166 Å². The molecule has 2 fully saturated rings. The fourth-order valence-electron chi connectivity index (χ4n) is 4.70. The molecule has 0 radical (unpaired) electrons. The SMILES string of the molecule is Cc1cc(N2CCCC2)ccc1NC1C(=O)Nc2ccc(N3CCCC3)cc21. The minimum Gasteiger partial charge on any atom is -0.372 e. The largest absolute Gasteiger partial charge is 0.372 e. The van der Waals surface area contributed by atoms with E-state index in [9.17, 15) is 4.79 Å². The molecule has 0 aromatic heterocycles. The van der Waals surface area contributed by atoms with Gasteiger partial charge in [-0.3, -0.25) is 4.79 Å². The molecule has 3 heterocycles. The van der Waals surface area contributed by atoms with Gasteiger partial charge in [0.2, 0.25) is 0 Å². The maximum atomic E-state index is 12.7. The van der Waals surface area contributed by atoms with Crippen LogP contribution < -0.4 is 20.4 Å². The Morgan fingerprint density at radius 2 is 1.50 bits per heavy atom. The normalized spacial score (nSPS) is 21.2.